The molecule has 30 heavy (non-hydrogen) atoms. The topological polar surface area (TPSA) is 59.1 Å². The molecule has 6 nitrogen and oxygen atoms in total. The number of esters is 1. The van der Waals surface area contributed by atoms with Crippen LogP contribution in [-0.4, -0.2) is 58.7 Å². The van der Waals surface area contributed by atoms with Gasteiger partial charge in [-0.05, 0) is 38.5 Å². The standard InChI is InChI=1S/C24H28N2O4/c1-24(2,3)30-23(28)26-16-20(29-22(27)18-12-8-5-9-13-18)21-19(26)15-25(21)14-17-10-6-4-7-11-17/h4-13,19-21H,14-16H2,1-3H3/t19-,20+,21+/m0/s1. The molecule has 0 aliphatic carbocycles. The minimum absolute atomic E-state index is 0.0165. The molecule has 0 bridgehead atoms. The summed E-state index contributed by atoms with van der Waals surface area (Å²) < 4.78 is 11.5. The van der Waals surface area contributed by atoms with Gasteiger partial charge in [0.05, 0.1) is 24.2 Å². The van der Waals surface area contributed by atoms with E-state index in [-0.39, 0.29) is 24.1 Å². The fraction of sp³-hybridized carbons (Fsp3) is 0.417. The molecule has 158 valence electrons. The Kier molecular flexibility index (Phi) is 5.52. The Balaban J connectivity index is 1.50. The molecule has 0 unspecified atom stereocenters. The molecule has 1 amide bonds. The van der Waals surface area contributed by atoms with E-state index in [0.717, 1.165) is 13.1 Å². The van der Waals surface area contributed by atoms with Gasteiger partial charge in [0.2, 0.25) is 0 Å². The average Bonchev–Trinajstić information content (AvgIpc) is 2.98. The fourth-order valence-electron chi connectivity index (χ4n) is 4.18. The van der Waals surface area contributed by atoms with Gasteiger partial charge < -0.3 is 9.47 Å². The number of likely N-dealkylation sites (tertiary alicyclic amines) is 2. The quantitative estimate of drug-likeness (QED) is 0.722. The van der Waals surface area contributed by atoms with E-state index < -0.39 is 11.7 Å². The van der Waals surface area contributed by atoms with E-state index in [9.17, 15) is 9.59 Å². The van der Waals surface area contributed by atoms with Gasteiger partial charge in [-0.25, -0.2) is 9.59 Å². The molecule has 2 aliphatic rings. The highest BCUT2D eigenvalue weighted by atomic mass is 16.6. The zero-order chi connectivity index (χ0) is 21.3. The molecule has 6 heteroatoms. The predicted octanol–water partition coefficient (Wildman–Crippen LogP) is 3.72. The lowest BCUT2D eigenvalue weighted by atomic mass is 9.94. The maximum Gasteiger partial charge on any atom is 0.410 e. The zero-order valence-electron chi connectivity index (χ0n) is 17.7. The lowest BCUT2D eigenvalue weighted by Gasteiger charge is -2.47. The second-order valence-corrected chi connectivity index (χ2v) is 8.92. The molecule has 0 spiro atoms. The number of carbonyl (C=O) groups excluding carboxylic acids is 2. The van der Waals surface area contributed by atoms with Crippen molar-refractivity contribution in [2.75, 3.05) is 13.1 Å². The number of amides is 1. The summed E-state index contributed by atoms with van der Waals surface area (Å²) in [5.41, 5.74) is 1.14. The van der Waals surface area contributed by atoms with E-state index in [2.05, 4.69) is 17.0 Å². The van der Waals surface area contributed by atoms with Gasteiger partial charge >= 0.3 is 12.1 Å². The van der Waals surface area contributed by atoms with E-state index in [1.54, 1.807) is 17.0 Å². The van der Waals surface area contributed by atoms with Crippen LogP contribution in [0.3, 0.4) is 0 Å². The van der Waals surface area contributed by atoms with Crippen LogP contribution >= 0.6 is 0 Å². The number of hydrogen-bond donors (Lipinski definition) is 0. The Morgan fingerprint density at radius 2 is 1.60 bits per heavy atom. The first-order chi connectivity index (χ1) is 14.3. The highest BCUT2D eigenvalue weighted by Crippen LogP contribution is 2.36. The van der Waals surface area contributed by atoms with Crippen molar-refractivity contribution in [2.24, 2.45) is 0 Å². The van der Waals surface area contributed by atoms with Crippen molar-refractivity contribution < 1.29 is 19.1 Å². The second-order valence-electron chi connectivity index (χ2n) is 8.92. The molecule has 0 N–H and O–H groups in total. The Morgan fingerprint density at radius 1 is 0.967 bits per heavy atom. The number of fused-ring (bicyclic) bond motifs is 1. The Morgan fingerprint density at radius 3 is 2.23 bits per heavy atom. The lowest BCUT2D eigenvalue weighted by molar-refractivity contribution is -0.0378. The monoisotopic (exact) mass is 408 g/mol. The van der Waals surface area contributed by atoms with Crippen LogP contribution < -0.4 is 0 Å². The van der Waals surface area contributed by atoms with Crippen molar-refractivity contribution in [1.29, 1.82) is 0 Å². The fourth-order valence-corrected chi connectivity index (χ4v) is 4.18. The van der Waals surface area contributed by atoms with Crippen LogP contribution in [-0.2, 0) is 16.0 Å². The van der Waals surface area contributed by atoms with Gasteiger partial charge in [0.1, 0.15) is 11.7 Å². The van der Waals surface area contributed by atoms with Crippen molar-refractivity contribution >= 4 is 12.1 Å². The molecule has 2 aromatic carbocycles. The second kappa shape index (κ2) is 8.11. The highest BCUT2D eigenvalue weighted by Gasteiger charge is 2.56. The molecular weight excluding hydrogens is 380 g/mol. The van der Waals surface area contributed by atoms with E-state index in [1.807, 2.05) is 57.2 Å². The summed E-state index contributed by atoms with van der Waals surface area (Å²) in [4.78, 5) is 29.4. The number of hydrogen-bond acceptors (Lipinski definition) is 5. The van der Waals surface area contributed by atoms with Crippen molar-refractivity contribution in [3.63, 3.8) is 0 Å². The Hall–Kier alpha value is -2.86. The molecule has 0 radical (unpaired) electrons. The normalized spacial score (nSPS) is 23.4. The SMILES string of the molecule is CC(C)(C)OC(=O)N1C[C@@H](OC(=O)c2ccccc2)[C@H]2[C@@H]1CN2Cc1ccccc1. The van der Waals surface area contributed by atoms with Gasteiger partial charge in [0.15, 0.2) is 0 Å². The third kappa shape index (κ3) is 4.33. The van der Waals surface area contributed by atoms with Gasteiger partial charge in [-0.15, -0.1) is 0 Å². The smallest absolute Gasteiger partial charge is 0.410 e. The first kappa shape index (κ1) is 20.4. The Labute approximate surface area is 177 Å². The van der Waals surface area contributed by atoms with Crippen LogP contribution in [0.1, 0.15) is 36.7 Å². The number of ether oxygens (including phenoxy) is 2. The molecule has 3 atom stereocenters. The molecule has 4 rings (SSSR count). The molecular formula is C24H28N2O4. The van der Waals surface area contributed by atoms with Gasteiger partial charge in [0, 0.05) is 13.1 Å². The van der Waals surface area contributed by atoms with E-state index in [4.69, 9.17) is 9.47 Å². The van der Waals surface area contributed by atoms with Crippen molar-refractivity contribution in [2.45, 2.75) is 51.1 Å². The van der Waals surface area contributed by atoms with Gasteiger partial charge in [-0.2, -0.15) is 0 Å². The number of carbonyl (C=O) groups is 2. The van der Waals surface area contributed by atoms with E-state index >= 15 is 0 Å². The van der Waals surface area contributed by atoms with E-state index in [1.165, 1.54) is 5.56 Å². The lowest BCUT2D eigenvalue weighted by Crippen LogP contribution is -2.64. The van der Waals surface area contributed by atoms with Crippen molar-refractivity contribution in [3.05, 3.63) is 71.8 Å². The highest BCUT2D eigenvalue weighted by molar-refractivity contribution is 5.89. The van der Waals surface area contributed by atoms with Crippen LogP contribution in [0.4, 0.5) is 4.79 Å². The molecule has 2 aromatic rings. The molecule has 2 fully saturated rings. The summed E-state index contributed by atoms with van der Waals surface area (Å²) >= 11 is 0. The van der Waals surface area contributed by atoms with Gasteiger partial charge in [-0.3, -0.25) is 9.80 Å². The Bertz CT molecular complexity index is 894. The maximum absolute atomic E-state index is 12.8. The summed E-state index contributed by atoms with van der Waals surface area (Å²) in [7, 11) is 0. The number of nitrogens with zero attached hydrogens (tertiary/aromatic N) is 2. The molecule has 0 saturated carbocycles. The molecule has 2 aliphatic heterocycles. The summed E-state index contributed by atoms with van der Waals surface area (Å²) in [5.74, 6) is -0.364. The third-order valence-corrected chi connectivity index (χ3v) is 5.52. The van der Waals surface area contributed by atoms with Gasteiger partial charge in [-0.1, -0.05) is 48.5 Å². The molecule has 2 saturated heterocycles. The zero-order valence-corrected chi connectivity index (χ0v) is 17.7. The van der Waals surface area contributed by atoms with Crippen molar-refractivity contribution in [1.82, 2.24) is 9.80 Å². The predicted molar refractivity (Wildman–Crippen MR) is 113 cm³/mol. The van der Waals surface area contributed by atoms with Crippen LogP contribution in [0.5, 0.6) is 0 Å². The van der Waals surface area contributed by atoms with Crippen LogP contribution in [0, 0.1) is 0 Å². The van der Waals surface area contributed by atoms with E-state index in [0.29, 0.717) is 12.1 Å². The minimum atomic E-state index is -0.571. The number of rotatable bonds is 4. The van der Waals surface area contributed by atoms with Crippen LogP contribution in [0.25, 0.3) is 0 Å². The summed E-state index contributed by atoms with van der Waals surface area (Å²) in [6.45, 7) is 7.39. The summed E-state index contributed by atoms with van der Waals surface area (Å²) in [6.07, 6.45) is -0.747. The third-order valence-electron chi connectivity index (χ3n) is 5.52. The molecule has 2 heterocycles. The first-order valence-corrected chi connectivity index (χ1v) is 10.4. The maximum atomic E-state index is 12.8. The average molecular weight is 408 g/mol. The summed E-state index contributed by atoms with van der Waals surface area (Å²) in [6, 6.07) is 19.1. The first-order valence-electron chi connectivity index (χ1n) is 10.4. The minimum Gasteiger partial charge on any atom is -0.455 e. The number of benzene rings is 2. The van der Waals surface area contributed by atoms with Gasteiger partial charge in [0.25, 0.3) is 0 Å². The van der Waals surface area contributed by atoms with Crippen molar-refractivity contribution in [3.8, 4) is 0 Å². The molecule has 0 aromatic heterocycles. The van der Waals surface area contributed by atoms with Crippen LogP contribution in [0.2, 0.25) is 0 Å². The largest absolute Gasteiger partial charge is 0.455 e. The summed E-state index contributed by atoms with van der Waals surface area (Å²) in [5, 5.41) is 0. The van der Waals surface area contributed by atoms with Crippen LogP contribution in [0.15, 0.2) is 60.7 Å².